The number of hydrogen-bond acceptors (Lipinski definition) is 2. The van der Waals surface area contributed by atoms with Crippen LogP contribution >= 0.6 is 0 Å². The number of urea groups is 1. The minimum absolute atomic E-state index is 0.120. The molecule has 3 aromatic rings. The summed E-state index contributed by atoms with van der Waals surface area (Å²) in [5, 5.41) is 5.95. The maximum Gasteiger partial charge on any atom is 0.314 e. The molecule has 2 N–H and O–H groups in total. The zero-order valence-corrected chi connectivity index (χ0v) is 16.1. The van der Waals surface area contributed by atoms with Crippen LogP contribution in [0.1, 0.15) is 22.6 Å². The predicted molar refractivity (Wildman–Crippen MR) is 113 cm³/mol. The third-order valence-corrected chi connectivity index (χ3v) is 4.73. The maximum absolute atomic E-state index is 12.3. The molecule has 144 valence electrons. The van der Waals surface area contributed by atoms with Crippen molar-refractivity contribution in [1.29, 1.82) is 0 Å². The summed E-state index contributed by atoms with van der Waals surface area (Å²) < 4.78 is 5.16. The van der Waals surface area contributed by atoms with Gasteiger partial charge in [0.2, 0.25) is 0 Å². The van der Waals surface area contributed by atoms with Gasteiger partial charge in [-0.1, -0.05) is 72.8 Å². The van der Waals surface area contributed by atoms with Crippen LogP contribution < -0.4 is 15.4 Å². The van der Waals surface area contributed by atoms with E-state index < -0.39 is 0 Å². The van der Waals surface area contributed by atoms with Gasteiger partial charge in [-0.15, -0.1) is 0 Å². The molecule has 0 aliphatic rings. The smallest absolute Gasteiger partial charge is 0.314 e. The maximum atomic E-state index is 12.3. The van der Waals surface area contributed by atoms with Crippen molar-refractivity contribution < 1.29 is 9.53 Å². The SMILES string of the molecule is COc1ccc(CCNC(=O)NCC(c2ccccc2)c2ccccc2)cc1. The van der Waals surface area contributed by atoms with Crippen molar-refractivity contribution in [2.24, 2.45) is 0 Å². The molecule has 3 aromatic carbocycles. The molecule has 0 saturated heterocycles. The zero-order chi connectivity index (χ0) is 19.6. The minimum Gasteiger partial charge on any atom is -0.497 e. The van der Waals surface area contributed by atoms with Crippen LogP contribution in [0.5, 0.6) is 5.75 Å². The largest absolute Gasteiger partial charge is 0.497 e. The lowest BCUT2D eigenvalue weighted by atomic mass is 9.91. The number of carbonyl (C=O) groups is 1. The van der Waals surface area contributed by atoms with E-state index in [1.54, 1.807) is 7.11 Å². The number of hydrogen-bond donors (Lipinski definition) is 2. The lowest BCUT2D eigenvalue weighted by Gasteiger charge is -2.19. The van der Waals surface area contributed by atoms with Crippen LogP contribution in [-0.4, -0.2) is 26.2 Å². The van der Waals surface area contributed by atoms with Crippen LogP contribution in [0.3, 0.4) is 0 Å². The van der Waals surface area contributed by atoms with Crippen molar-refractivity contribution in [3.05, 3.63) is 102 Å². The standard InChI is InChI=1S/C24H26N2O2/c1-28-22-14-12-19(13-15-22)16-17-25-24(27)26-18-23(20-8-4-2-5-9-20)21-10-6-3-7-11-21/h2-15,23H,16-18H2,1H3,(H2,25,26,27). The Morgan fingerprint density at radius 3 is 1.93 bits per heavy atom. The average molecular weight is 374 g/mol. The molecule has 0 heterocycles. The molecular weight excluding hydrogens is 348 g/mol. The molecule has 2 amide bonds. The first-order valence-corrected chi connectivity index (χ1v) is 9.51. The first-order chi connectivity index (χ1) is 13.8. The van der Waals surface area contributed by atoms with Crippen LogP contribution in [0.15, 0.2) is 84.9 Å². The summed E-state index contributed by atoms with van der Waals surface area (Å²) in [6.45, 7) is 1.13. The quantitative estimate of drug-likeness (QED) is 0.615. The Hall–Kier alpha value is -3.27. The fourth-order valence-corrected chi connectivity index (χ4v) is 3.17. The van der Waals surface area contributed by atoms with E-state index in [4.69, 9.17) is 4.74 Å². The van der Waals surface area contributed by atoms with E-state index >= 15 is 0 Å². The average Bonchev–Trinajstić information content (AvgIpc) is 2.76. The van der Waals surface area contributed by atoms with Crippen LogP contribution in [0.2, 0.25) is 0 Å². The molecule has 0 aromatic heterocycles. The normalized spacial score (nSPS) is 10.5. The van der Waals surface area contributed by atoms with Gasteiger partial charge in [-0.3, -0.25) is 0 Å². The van der Waals surface area contributed by atoms with E-state index in [2.05, 4.69) is 34.9 Å². The molecule has 0 radical (unpaired) electrons. The fourth-order valence-electron chi connectivity index (χ4n) is 3.17. The number of nitrogens with one attached hydrogen (secondary N) is 2. The summed E-state index contributed by atoms with van der Waals surface area (Å²) in [4.78, 5) is 12.3. The molecule has 0 aliphatic carbocycles. The van der Waals surface area contributed by atoms with Gasteiger partial charge in [0, 0.05) is 19.0 Å². The summed E-state index contributed by atoms with van der Waals surface area (Å²) in [5.74, 6) is 0.956. The van der Waals surface area contributed by atoms with Gasteiger partial charge in [0.05, 0.1) is 7.11 Å². The molecule has 28 heavy (non-hydrogen) atoms. The van der Waals surface area contributed by atoms with Crippen LogP contribution in [-0.2, 0) is 6.42 Å². The second-order valence-corrected chi connectivity index (χ2v) is 6.61. The number of methoxy groups -OCH3 is 1. The summed E-state index contributed by atoms with van der Waals surface area (Å²) in [5.41, 5.74) is 3.53. The summed E-state index contributed by atoms with van der Waals surface area (Å²) in [6.07, 6.45) is 0.776. The molecule has 0 aliphatic heterocycles. The van der Waals surface area contributed by atoms with Crippen molar-refractivity contribution in [2.45, 2.75) is 12.3 Å². The van der Waals surface area contributed by atoms with E-state index in [9.17, 15) is 4.79 Å². The Bertz CT molecular complexity index is 809. The Labute approximate surface area is 166 Å². The molecule has 0 fully saturated rings. The molecule has 0 unspecified atom stereocenters. The highest BCUT2D eigenvalue weighted by Gasteiger charge is 2.14. The van der Waals surface area contributed by atoms with Crippen molar-refractivity contribution >= 4 is 6.03 Å². The summed E-state index contributed by atoms with van der Waals surface area (Å²) in [6, 6.07) is 28.3. The molecule has 4 heteroatoms. The highest BCUT2D eigenvalue weighted by Crippen LogP contribution is 2.23. The van der Waals surface area contributed by atoms with Gasteiger partial charge >= 0.3 is 6.03 Å². The first kappa shape index (κ1) is 19.5. The third-order valence-electron chi connectivity index (χ3n) is 4.73. The Balaban J connectivity index is 1.52. The third kappa shape index (κ3) is 5.61. The molecular formula is C24H26N2O2. The zero-order valence-electron chi connectivity index (χ0n) is 16.1. The molecule has 0 spiro atoms. The Morgan fingerprint density at radius 1 is 0.821 bits per heavy atom. The first-order valence-electron chi connectivity index (χ1n) is 9.51. The molecule has 0 saturated carbocycles. The molecule has 0 bridgehead atoms. The number of amides is 2. The number of benzene rings is 3. The van der Waals surface area contributed by atoms with E-state index in [1.807, 2.05) is 60.7 Å². The van der Waals surface area contributed by atoms with E-state index in [-0.39, 0.29) is 11.9 Å². The Morgan fingerprint density at radius 2 is 1.39 bits per heavy atom. The van der Waals surface area contributed by atoms with Gasteiger partial charge < -0.3 is 15.4 Å². The highest BCUT2D eigenvalue weighted by molar-refractivity contribution is 5.74. The molecule has 3 rings (SSSR count). The lowest BCUT2D eigenvalue weighted by Crippen LogP contribution is -2.38. The van der Waals surface area contributed by atoms with E-state index in [0.29, 0.717) is 13.1 Å². The van der Waals surface area contributed by atoms with E-state index in [1.165, 1.54) is 11.1 Å². The van der Waals surface area contributed by atoms with Gasteiger partial charge in [0.15, 0.2) is 0 Å². The topological polar surface area (TPSA) is 50.4 Å². The predicted octanol–water partition coefficient (Wildman–Crippen LogP) is 4.37. The molecule has 0 atom stereocenters. The van der Waals surface area contributed by atoms with Crippen LogP contribution in [0.4, 0.5) is 4.79 Å². The Kier molecular flexibility index (Phi) is 7.08. The van der Waals surface area contributed by atoms with Crippen molar-refractivity contribution in [3.8, 4) is 5.75 Å². The summed E-state index contributed by atoms with van der Waals surface area (Å²) >= 11 is 0. The van der Waals surface area contributed by atoms with Gasteiger partial charge in [0.1, 0.15) is 5.75 Å². The fraction of sp³-hybridized carbons (Fsp3) is 0.208. The van der Waals surface area contributed by atoms with Crippen LogP contribution in [0, 0.1) is 0 Å². The van der Waals surface area contributed by atoms with Crippen LogP contribution in [0.25, 0.3) is 0 Å². The van der Waals surface area contributed by atoms with Gasteiger partial charge in [-0.25, -0.2) is 4.79 Å². The number of ether oxygens (including phenoxy) is 1. The van der Waals surface area contributed by atoms with E-state index in [0.717, 1.165) is 17.7 Å². The van der Waals surface area contributed by atoms with Gasteiger partial charge in [-0.2, -0.15) is 0 Å². The van der Waals surface area contributed by atoms with Crippen molar-refractivity contribution in [2.75, 3.05) is 20.2 Å². The monoisotopic (exact) mass is 374 g/mol. The van der Waals surface area contributed by atoms with Crippen molar-refractivity contribution in [3.63, 3.8) is 0 Å². The highest BCUT2D eigenvalue weighted by atomic mass is 16.5. The van der Waals surface area contributed by atoms with Gasteiger partial charge in [0.25, 0.3) is 0 Å². The second-order valence-electron chi connectivity index (χ2n) is 6.61. The lowest BCUT2D eigenvalue weighted by molar-refractivity contribution is 0.240. The second kappa shape index (κ2) is 10.2. The van der Waals surface area contributed by atoms with Crippen molar-refractivity contribution in [1.82, 2.24) is 10.6 Å². The number of carbonyl (C=O) groups excluding carboxylic acids is 1. The molecule has 4 nitrogen and oxygen atoms in total. The minimum atomic E-state index is -0.148. The summed E-state index contributed by atoms with van der Waals surface area (Å²) in [7, 11) is 1.65. The number of rotatable bonds is 8. The van der Waals surface area contributed by atoms with Gasteiger partial charge in [-0.05, 0) is 35.2 Å².